The molecular weight excluding hydrogens is 542 g/mol. The minimum atomic E-state index is -4.24. The summed E-state index contributed by atoms with van der Waals surface area (Å²) in [6, 6.07) is 16.2. The maximum Gasteiger partial charge on any atom is 0.278 e. The third kappa shape index (κ3) is 5.92. The summed E-state index contributed by atoms with van der Waals surface area (Å²) in [5, 5.41) is 0.173. The van der Waals surface area contributed by atoms with Gasteiger partial charge in [-0.3, -0.25) is 4.79 Å². The lowest BCUT2D eigenvalue weighted by atomic mass is 10.1. The highest BCUT2D eigenvalue weighted by molar-refractivity contribution is 9.10. The van der Waals surface area contributed by atoms with Gasteiger partial charge in [-0.2, -0.15) is 4.31 Å². The Labute approximate surface area is 213 Å². The van der Waals surface area contributed by atoms with Crippen molar-refractivity contribution in [2.45, 2.75) is 31.6 Å². The molecule has 0 fully saturated rings. The Bertz CT molecular complexity index is 1280. The van der Waals surface area contributed by atoms with Crippen molar-refractivity contribution in [1.29, 1.82) is 0 Å². The summed E-state index contributed by atoms with van der Waals surface area (Å²) in [6.45, 7) is 3.44. The van der Waals surface area contributed by atoms with E-state index in [1.165, 1.54) is 37.4 Å². The van der Waals surface area contributed by atoms with Gasteiger partial charge in [-0.25, -0.2) is 8.42 Å². The van der Waals surface area contributed by atoms with Crippen LogP contribution in [-0.4, -0.2) is 28.0 Å². The summed E-state index contributed by atoms with van der Waals surface area (Å²) < 4.78 is 39.3. The molecular formula is C25H25BrClNO5S. The first kappa shape index (κ1) is 26.1. The number of anilines is 1. The molecule has 180 valence electrons. The van der Waals surface area contributed by atoms with E-state index in [9.17, 15) is 13.2 Å². The SMILES string of the molecule is CCCc1ccc(OCC(=O)N(c2ccc(OC)c(Cl)c2)S(=O)(=O)c2ccc(C)cc2)c(Br)c1. The molecule has 0 aliphatic heterocycles. The first-order valence-electron chi connectivity index (χ1n) is 10.6. The molecule has 0 saturated carbocycles. The topological polar surface area (TPSA) is 72.9 Å². The fourth-order valence-electron chi connectivity index (χ4n) is 3.32. The van der Waals surface area contributed by atoms with E-state index in [1.807, 2.05) is 19.1 Å². The minimum Gasteiger partial charge on any atom is -0.495 e. The summed E-state index contributed by atoms with van der Waals surface area (Å²) in [7, 11) is -2.79. The lowest BCUT2D eigenvalue weighted by Gasteiger charge is -2.23. The zero-order valence-electron chi connectivity index (χ0n) is 19.0. The van der Waals surface area contributed by atoms with Crippen LogP contribution in [0.25, 0.3) is 0 Å². The highest BCUT2D eigenvalue weighted by Crippen LogP contribution is 2.33. The average Bonchev–Trinajstić information content (AvgIpc) is 2.79. The van der Waals surface area contributed by atoms with Gasteiger partial charge in [-0.05, 0) is 77.3 Å². The van der Waals surface area contributed by atoms with E-state index in [4.69, 9.17) is 21.1 Å². The smallest absolute Gasteiger partial charge is 0.278 e. The Morgan fingerprint density at radius 1 is 1.03 bits per heavy atom. The number of ether oxygens (including phenoxy) is 2. The van der Waals surface area contributed by atoms with Crippen LogP contribution in [0.15, 0.2) is 70.0 Å². The summed E-state index contributed by atoms with van der Waals surface area (Å²) in [5.74, 6) is 0.0258. The molecule has 3 aromatic carbocycles. The molecule has 9 heteroatoms. The van der Waals surface area contributed by atoms with E-state index in [0.717, 1.165) is 24.0 Å². The van der Waals surface area contributed by atoms with Gasteiger partial charge in [0.25, 0.3) is 15.9 Å². The minimum absolute atomic E-state index is 0.0245. The van der Waals surface area contributed by atoms with E-state index in [0.29, 0.717) is 20.3 Å². The molecule has 0 aromatic heterocycles. The summed E-state index contributed by atoms with van der Waals surface area (Å²) in [6.07, 6.45) is 1.92. The number of methoxy groups -OCH3 is 1. The second kappa shape index (κ2) is 11.3. The Balaban J connectivity index is 1.95. The van der Waals surface area contributed by atoms with Gasteiger partial charge in [0.15, 0.2) is 6.61 Å². The Kier molecular flexibility index (Phi) is 8.62. The van der Waals surface area contributed by atoms with Crippen molar-refractivity contribution >= 4 is 49.1 Å². The number of sulfonamides is 1. The molecule has 0 aliphatic carbocycles. The van der Waals surface area contributed by atoms with Crippen LogP contribution in [0.3, 0.4) is 0 Å². The highest BCUT2D eigenvalue weighted by Gasteiger charge is 2.32. The molecule has 0 atom stereocenters. The normalized spacial score (nSPS) is 11.2. The number of rotatable bonds is 9. The summed E-state index contributed by atoms with van der Waals surface area (Å²) in [4.78, 5) is 13.3. The van der Waals surface area contributed by atoms with Gasteiger partial charge >= 0.3 is 0 Å². The lowest BCUT2D eigenvalue weighted by molar-refractivity contribution is -0.119. The third-order valence-electron chi connectivity index (χ3n) is 5.04. The molecule has 0 heterocycles. The van der Waals surface area contributed by atoms with Crippen molar-refractivity contribution in [2.24, 2.45) is 0 Å². The predicted octanol–water partition coefficient (Wildman–Crippen LogP) is 6.17. The van der Waals surface area contributed by atoms with Gasteiger partial charge in [0.1, 0.15) is 11.5 Å². The molecule has 0 aliphatic rings. The van der Waals surface area contributed by atoms with Crippen molar-refractivity contribution in [2.75, 3.05) is 18.0 Å². The number of hydrogen-bond acceptors (Lipinski definition) is 5. The number of hydrogen-bond donors (Lipinski definition) is 0. The fourth-order valence-corrected chi connectivity index (χ4v) is 5.51. The lowest BCUT2D eigenvalue weighted by Crippen LogP contribution is -2.40. The molecule has 34 heavy (non-hydrogen) atoms. The van der Waals surface area contributed by atoms with Gasteiger partial charge in [-0.15, -0.1) is 0 Å². The van der Waals surface area contributed by atoms with Crippen molar-refractivity contribution in [3.05, 3.63) is 81.3 Å². The van der Waals surface area contributed by atoms with Crippen molar-refractivity contribution < 1.29 is 22.7 Å². The standard InChI is InChI=1S/C25H25BrClNO5S/c1-4-5-18-8-12-23(21(26)14-18)33-16-25(29)28(19-9-13-24(32-3)22(27)15-19)34(30,31)20-10-6-17(2)7-11-20/h6-15H,4-5,16H2,1-3H3. The van der Waals surface area contributed by atoms with Gasteiger partial charge < -0.3 is 9.47 Å². The maximum absolute atomic E-state index is 13.5. The van der Waals surface area contributed by atoms with E-state index in [1.54, 1.807) is 18.2 Å². The molecule has 0 bridgehead atoms. The third-order valence-corrected chi connectivity index (χ3v) is 7.72. The van der Waals surface area contributed by atoms with Crippen LogP contribution in [0.5, 0.6) is 11.5 Å². The predicted molar refractivity (Wildman–Crippen MR) is 137 cm³/mol. The maximum atomic E-state index is 13.5. The number of carbonyl (C=O) groups excluding carboxylic acids is 1. The Morgan fingerprint density at radius 3 is 2.29 bits per heavy atom. The van der Waals surface area contributed by atoms with Gasteiger partial charge in [0, 0.05) is 0 Å². The molecule has 3 aromatic rings. The van der Waals surface area contributed by atoms with Crippen LogP contribution in [0.2, 0.25) is 5.02 Å². The van der Waals surface area contributed by atoms with Gasteiger partial charge in [0.05, 0.1) is 27.2 Å². The molecule has 0 unspecified atom stereocenters. The Morgan fingerprint density at radius 2 is 1.71 bits per heavy atom. The summed E-state index contributed by atoms with van der Waals surface area (Å²) >= 11 is 9.69. The van der Waals surface area contributed by atoms with Crippen LogP contribution in [0.1, 0.15) is 24.5 Å². The number of nitrogens with zero attached hydrogens (tertiary/aromatic N) is 1. The second-order valence-corrected chi connectivity index (χ2v) is 10.6. The number of amides is 1. The van der Waals surface area contributed by atoms with Crippen LogP contribution in [0.4, 0.5) is 5.69 Å². The first-order chi connectivity index (χ1) is 16.2. The number of aryl methyl sites for hydroxylation is 2. The van der Waals surface area contributed by atoms with E-state index >= 15 is 0 Å². The molecule has 3 rings (SSSR count). The van der Waals surface area contributed by atoms with Crippen LogP contribution in [0, 0.1) is 6.92 Å². The van der Waals surface area contributed by atoms with E-state index < -0.39 is 22.5 Å². The van der Waals surface area contributed by atoms with Crippen molar-refractivity contribution in [1.82, 2.24) is 0 Å². The molecule has 0 spiro atoms. The van der Waals surface area contributed by atoms with Crippen molar-refractivity contribution in [3.8, 4) is 11.5 Å². The molecule has 0 N–H and O–H groups in total. The van der Waals surface area contributed by atoms with Crippen LogP contribution < -0.4 is 13.8 Å². The van der Waals surface area contributed by atoms with Gasteiger partial charge in [-0.1, -0.05) is 48.7 Å². The van der Waals surface area contributed by atoms with E-state index in [2.05, 4.69) is 22.9 Å². The number of benzene rings is 3. The fraction of sp³-hybridized carbons (Fsp3) is 0.240. The zero-order valence-corrected chi connectivity index (χ0v) is 22.2. The van der Waals surface area contributed by atoms with Crippen LogP contribution >= 0.6 is 27.5 Å². The molecule has 1 amide bonds. The highest BCUT2D eigenvalue weighted by atomic mass is 79.9. The quantitative estimate of drug-likeness (QED) is 0.310. The Hall–Kier alpha value is -2.55. The monoisotopic (exact) mass is 565 g/mol. The molecule has 0 saturated heterocycles. The van der Waals surface area contributed by atoms with E-state index in [-0.39, 0.29) is 15.6 Å². The van der Waals surface area contributed by atoms with Gasteiger partial charge in [0.2, 0.25) is 0 Å². The number of halogens is 2. The first-order valence-corrected chi connectivity index (χ1v) is 13.2. The van der Waals surface area contributed by atoms with Crippen LogP contribution in [-0.2, 0) is 21.2 Å². The average molecular weight is 567 g/mol. The number of carbonyl (C=O) groups is 1. The summed E-state index contributed by atoms with van der Waals surface area (Å²) in [5.41, 5.74) is 2.10. The largest absolute Gasteiger partial charge is 0.495 e. The molecule has 6 nitrogen and oxygen atoms in total. The molecule has 0 radical (unpaired) electrons. The second-order valence-electron chi connectivity index (χ2n) is 7.60. The van der Waals surface area contributed by atoms with Crippen molar-refractivity contribution in [3.63, 3.8) is 0 Å². The zero-order chi connectivity index (χ0) is 24.9.